The summed E-state index contributed by atoms with van der Waals surface area (Å²) < 4.78 is 27.1. The molecule has 0 amide bonds. The normalized spacial score (nSPS) is 25.4. The number of hydrogen-bond donors (Lipinski definition) is 0. The minimum absolute atomic E-state index is 0.106. The van der Waals surface area contributed by atoms with E-state index in [0.717, 1.165) is 65.2 Å². The predicted octanol–water partition coefficient (Wildman–Crippen LogP) is 3.52. The Kier molecular flexibility index (Phi) is 8.74. The molecule has 0 N–H and O–H groups in total. The zero-order chi connectivity index (χ0) is 24.8. The van der Waals surface area contributed by atoms with Gasteiger partial charge >= 0.3 is 0 Å². The van der Waals surface area contributed by atoms with Crippen molar-refractivity contribution in [2.24, 2.45) is 0 Å². The molecule has 3 fully saturated rings. The lowest BCUT2D eigenvalue weighted by Crippen LogP contribution is -2.33. The maximum absolute atomic E-state index is 13.5. The van der Waals surface area contributed by atoms with Crippen LogP contribution in [0, 0.1) is 11.3 Å². The van der Waals surface area contributed by atoms with E-state index in [-0.39, 0.29) is 9.80 Å². The third-order valence-corrected chi connectivity index (χ3v) is 9.70. The summed E-state index contributed by atoms with van der Waals surface area (Å²) >= 11 is 0. The average Bonchev–Trinajstić information content (AvgIpc) is 3.57. The summed E-state index contributed by atoms with van der Waals surface area (Å²) in [6, 6.07) is 11.8. The molecule has 0 bridgehead atoms. The molecule has 192 valence electrons. The van der Waals surface area contributed by atoms with Crippen LogP contribution in [0.5, 0.6) is 0 Å². The molecule has 0 saturated carbocycles. The number of hydrogen-bond acceptors (Lipinski definition) is 7. The Morgan fingerprint density at radius 2 is 1.37 bits per heavy atom. The fourth-order valence-electron chi connectivity index (χ4n) is 5.90. The fraction of sp³-hybridized carbons (Fsp3) is 0.667. The molecule has 3 saturated heterocycles. The van der Waals surface area contributed by atoms with Crippen molar-refractivity contribution in [2.45, 2.75) is 69.4 Å². The Labute approximate surface area is 211 Å². The third-order valence-electron chi connectivity index (χ3n) is 7.99. The molecule has 0 unspecified atom stereocenters. The zero-order valence-corrected chi connectivity index (χ0v) is 22.2. The fourth-order valence-corrected chi connectivity index (χ4v) is 7.27. The van der Waals surface area contributed by atoms with E-state index in [9.17, 15) is 13.7 Å². The highest BCUT2D eigenvalue weighted by molar-refractivity contribution is 7.95. The maximum Gasteiger partial charge on any atom is 0.220 e. The molecule has 3 heterocycles. The van der Waals surface area contributed by atoms with E-state index in [2.05, 4.69) is 39.5 Å². The Morgan fingerprint density at radius 3 is 1.80 bits per heavy atom. The standard InChI is InChI=1S/C27H41N5O2S/c1-23-10-6-14-29(23)16-8-18-31-20-21-32(19-9-17-30-15-7-11-24(30)2)27(31)26(22-28)35(33,34)25-12-4-3-5-13-25/h3-5,12-13,23-24H,6-11,14-21H2,1-2H3/b27-26-/t23-,24+/m1/s1. The van der Waals surface area contributed by atoms with Gasteiger partial charge in [-0.3, -0.25) is 0 Å². The van der Waals surface area contributed by atoms with E-state index >= 15 is 0 Å². The van der Waals surface area contributed by atoms with Gasteiger partial charge in [-0.25, -0.2) is 8.42 Å². The van der Waals surface area contributed by atoms with Gasteiger partial charge in [0, 0.05) is 51.4 Å². The molecule has 4 rings (SSSR count). The lowest BCUT2D eigenvalue weighted by atomic mass is 10.2. The summed E-state index contributed by atoms with van der Waals surface area (Å²) in [5, 5.41) is 10.1. The molecule has 0 spiro atoms. The number of nitrogens with zero attached hydrogens (tertiary/aromatic N) is 5. The van der Waals surface area contributed by atoms with Crippen LogP contribution in [0.2, 0.25) is 0 Å². The van der Waals surface area contributed by atoms with Crippen LogP contribution in [0.15, 0.2) is 46.0 Å². The lowest BCUT2D eigenvalue weighted by molar-refractivity contribution is 0.238. The number of likely N-dealkylation sites (tertiary alicyclic amines) is 2. The third kappa shape index (κ3) is 6.02. The van der Waals surface area contributed by atoms with Gasteiger partial charge in [0.15, 0.2) is 4.91 Å². The molecule has 0 aliphatic carbocycles. The van der Waals surface area contributed by atoms with Gasteiger partial charge in [0.25, 0.3) is 0 Å². The molecular weight excluding hydrogens is 458 g/mol. The lowest BCUT2D eigenvalue weighted by Gasteiger charge is -2.28. The van der Waals surface area contributed by atoms with Crippen molar-refractivity contribution in [3.8, 4) is 6.07 Å². The summed E-state index contributed by atoms with van der Waals surface area (Å²) in [4.78, 5) is 9.44. The molecule has 3 aliphatic rings. The topological polar surface area (TPSA) is 70.9 Å². The van der Waals surface area contributed by atoms with Gasteiger partial charge in [-0.05, 0) is 77.6 Å². The number of allylic oxidation sites excluding steroid dienone is 1. The summed E-state index contributed by atoms with van der Waals surface area (Å²) in [6.07, 6.45) is 6.97. The van der Waals surface area contributed by atoms with Crippen molar-refractivity contribution >= 4 is 9.84 Å². The van der Waals surface area contributed by atoms with Gasteiger partial charge in [-0.15, -0.1) is 0 Å². The largest absolute Gasteiger partial charge is 0.355 e. The predicted molar refractivity (Wildman–Crippen MR) is 139 cm³/mol. The Bertz CT molecular complexity index is 984. The van der Waals surface area contributed by atoms with Crippen molar-refractivity contribution in [2.75, 3.05) is 52.4 Å². The smallest absolute Gasteiger partial charge is 0.220 e. The molecular formula is C27H41N5O2S. The number of rotatable bonds is 10. The minimum Gasteiger partial charge on any atom is -0.355 e. The SMILES string of the molecule is C[C@@H]1CCCN1CCCN1CCN(CCCN2CCC[C@@H]2C)/C1=C(/C#N)S(=O)(=O)c1ccccc1. The number of nitriles is 1. The molecule has 7 nitrogen and oxygen atoms in total. The second-order valence-electron chi connectivity index (χ2n) is 10.3. The van der Waals surface area contributed by atoms with Crippen LogP contribution < -0.4 is 0 Å². The van der Waals surface area contributed by atoms with Gasteiger partial charge in [0.1, 0.15) is 11.9 Å². The number of sulfone groups is 1. The summed E-state index contributed by atoms with van der Waals surface area (Å²) in [7, 11) is -3.88. The van der Waals surface area contributed by atoms with Crippen LogP contribution in [0.4, 0.5) is 0 Å². The first kappa shape index (κ1) is 26.0. The van der Waals surface area contributed by atoms with E-state index in [1.54, 1.807) is 30.3 Å². The van der Waals surface area contributed by atoms with Crippen molar-refractivity contribution in [3.63, 3.8) is 0 Å². The van der Waals surface area contributed by atoms with Crippen molar-refractivity contribution in [3.05, 3.63) is 41.1 Å². The van der Waals surface area contributed by atoms with Gasteiger partial charge in [0.2, 0.25) is 9.84 Å². The molecule has 0 aromatic heterocycles. The maximum atomic E-state index is 13.5. The summed E-state index contributed by atoms with van der Waals surface area (Å²) in [5.41, 5.74) is 0. The molecule has 1 aromatic carbocycles. The Hall–Kier alpha value is -2.08. The van der Waals surface area contributed by atoms with Gasteiger partial charge in [0.05, 0.1) is 4.90 Å². The monoisotopic (exact) mass is 499 g/mol. The first-order valence-electron chi connectivity index (χ1n) is 13.3. The van der Waals surface area contributed by atoms with E-state index < -0.39 is 9.84 Å². The van der Waals surface area contributed by atoms with E-state index in [4.69, 9.17) is 0 Å². The van der Waals surface area contributed by atoms with Crippen molar-refractivity contribution in [1.82, 2.24) is 19.6 Å². The van der Waals surface area contributed by atoms with Gasteiger partial charge < -0.3 is 19.6 Å². The van der Waals surface area contributed by atoms with Gasteiger partial charge in [-0.2, -0.15) is 5.26 Å². The van der Waals surface area contributed by atoms with Crippen LogP contribution in [0.25, 0.3) is 0 Å². The highest BCUT2D eigenvalue weighted by Crippen LogP contribution is 2.30. The van der Waals surface area contributed by atoms with E-state index in [1.165, 1.54) is 25.7 Å². The second-order valence-corrected chi connectivity index (χ2v) is 12.2. The van der Waals surface area contributed by atoms with Gasteiger partial charge in [-0.1, -0.05) is 18.2 Å². The summed E-state index contributed by atoms with van der Waals surface area (Å²) in [5.74, 6) is 0.611. The average molecular weight is 500 g/mol. The summed E-state index contributed by atoms with van der Waals surface area (Å²) in [6.45, 7) is 12.0. The zero-order valence-electron chi connectivity index (χ0n) is 21.4. The van der Waals surface area contributed by atoms with Crippen LogP contribution in [0.3, 0.4) is 0 Å². The van der Waals surface area contributed by atoms with E-state index in [1.807, 2.05) is 0 Å². The second kappa shape index (κ2) is 11.8. The van der Waals surface area contributed by atoms with Crippen molar-refractivity contribution < 1.29 is 8.42 Å². The molecule has 35 heavy (non-hydrogen) atoms. The molecule has 1 aromatic rings. The van der Waals surface area contributed by atoms with Crippen LogP contribution >= 0.6 is 0 Å². The Balaban J connectivity index is 1.53. The molecule has 3 aliphatic heterocycles. The molecule has 8 heteroatoms. The van der Waals surface area contributed by atoms with Crippen LogP contribution in [-0.2, 0) is 9.84 Å². The quantitative estimate of drug-likeness (QED) is 0.456. The highest BCUT2D eigenvalue weighted by atomic mass is 32.2. The number of benzene rings is 1. The highest BCUT2D eigenvalue weighted by Gasteiger charge is 2.34. The van der Waals surface area contributed by atoms with Crippen LogP contribution in [0.1, 0.15) is 52.4 Å². The first-order valence-corrected chi connectivity index (χ1v) is 14.8. The van der Waals surface area contributed by atoms with E-state index in [0.29, 0.717) is 17.9 Å². The van der Waals surface area contributed by atoms with Crippen LogP contribution in [-0.4, -0.2) is 92.5 Å². The Morgan fingerprint density at radius 1 is 0.857 bits per heavy atom. The minimum atomic E-state index is -3.88. The molecule has 2 atom stereocenters. The molecule has 0 radical (unpaired) electrons. The first-order chi connectivity index (χ1) is 16.9. The van der Waals surface area contributed by atoms with Crippen molar-refractivity contribution in [1.29, 1.82) is 5.26 Å².